The third-order valence-corrected chi connectivity index (χ3v) is 2.65. The number of rotatable bonds is 2. The van der Waals surface area contributed by atoms with Gasteiger partial charge in [-0.25, -0.2) is 0 Å². The standard InChI is InChI=1S/C11H12N2O3/c14-6-8-2-1-7(5-12-8)9-3-4-10(15)13-11(9)16/h1-2,5,9,14H,3-4,6H2,(H,13,15,16). The number of carbonyl (C=O) groups excluding carboxylic acids is 2. The number of pyridine rings is 1. The lowest BCUT2D eigenvalue weighted by atomic mass is 9.91. The number of imide groups is 1. The van der Waals surface area contributed by atoms with Gasteiger partial charge in [0.05, 0.1) is 18.2 Å². The summed E-state index contributed by atoms with van der Waals surface area (Å²) in [6.45, 7) is -0.115. The second-order valence-corrected chi connectivity index (χ2v) is 3.74. The van der Waals surface area contributed by atoms with Crippen molar-refractivity contribution in [2.24, 2.45) is 0 Å². The van der Waals surface area contributed by atoms with Crippen LogP contribution in [0.2, 0.25) is 0 Å². The van der Waals surface area contributed by atoms with Crippen LogP contribution in [0.1, 0.15) is 30.0 Å². The summed E-state index contributed by atoms with van der Waals surface area (Å²) >= 11 is 0. The van der Waals surface area contributed by atoms with E-state index in [2.05, 4.69) is 10.3 Å². The van der Waals surface area contributed by atoms with Gasteiger partial charge in [-0.05, 0) is 18.1 Å². The number of hydrogen-bond acceptors (Lipinski definition) is 4. The van der Waals surface area contributed by atoms with Crippen LogP contribution in [0.5, 0.6) is 0 Å². The molecule has 0 spiro atoms. The predicted octanol–water partition coefficient (Wildman–Crippen LogP) is 0.0941. The molecule has 2 amide bonds. The monoisotopic (exact) mass is 220 g/mol. The Labute approximate surface area is 92.5 Å². The van der Waals surface area contributed by atoms with Crippen molar-refractivity contribution in [1.82, 2.24) is 10.3 Å². The number of nitrogens with one attached hydrogen (secondary N) is 1. The van der Waals surface area contributed by atoms with Gasteiger partial charge in [0.25, 0.3) is 0 Å². The number of piperidine rings is 1. The highest BCUT2D eigenvalue weighted by Crippen LogP contribution is 2.23. The molecule has 84 valence electrons. The summed E-state index contributed by atoms with van der Waals surface area (Å²) in [6, 6.07) is 3.44. The van der Waals surface area contributed by atoms with Crippen LogP contribution in [0.15, 0.2) is 18.3 Å². The van der Waals surface area contributed by atoms with E-state index in [4.69, 9.17) is 5.11 Å². The lowest BCUT2D eigenvalue weighted by molar-refractivity contribution is -0.134. The zero-order chi connectivity index (χ0) is 11.5. The number of aliphatic hydroxyl groups is 1. The molecular weight excluding hydrogens is 208 g/mol. The maximum absolute atomic E-state index is 11.6. The van der Waals surface area contributed by atoms with Gasteiger partial charge in [0.1, 0.15) is 0 Å². The number of aliphatic hydroxyl groups excluding tert-OH is 1. The van der Waals surface area contributed by atoms with Crippen molar-refractivity contribution in [2.75, 3.05) is 0 Å². The molecule has 5 nitrogen and oxygen atoms in total. The van der Waals surface area contributed by atoms with Crippen LogP contribution in [0.4, 0.5) is 0 Å². The van der Waals surface area contributed by atoms with Gasteiger partial charge in [0.2, 0.25) is 11.8 Å². The first-order valence-electron chi connectivity index (χ1n) is 5.10. The van der Waals surface area contributed by atoms with Gasteiger partial charge >= 0.3 is 0 Å². The molecule has 1 fully saturated rings. The summed E-state index contributed by atoms with van der Waals surface area (Å²) in [5.41, 5.74) is 1.35. The fraction of sp³-hybridized carbons (Fsp3) is 0.364. The molecule has 0 saturated carbocycles. The molecule has 16 heavy (non-hydrogen) atoms. The molecular formula is C11H12N2O3. The molecule has 1 aliphatic rings. The van der Waals surface area contributed by atoms with Gasteiger partial charge in [-0.2, -0.15) is 0 Å². The number of aromatic nitrogens is 1. The van der Waals surface area contributed by atoms with Gasteiger partial charge in [-0.15, -0.1) is 0 Å². The van der Waals surface area contributed by atoms with Crippen molar-refractivity contribution in [1.29, 1.82) is 0 Å². The predicted molar refractivity (Wildman–Crippen MR) is 55.3 cm³/mol. The van der Waals surface area contributed by atoms with Gasteiger partial charge in [0, 0.05) is 12.6 Å². The van der Waals surface area contributed by atoms with Crippen LogP contribution in [-0.4, -0.2) is 21.9 Å². The number of nitrogens with zero attached hydrogens (tertiary/aromatic N) is 1. The third kappa shape index (κ3) is 2.09. The van der Waals surface area contributed by atoms with Crippen molar-refractivity contribution in [2.45, 2.75) is 25.4 Å². The molecule has 1 aliphatic heterocycles. The molecule has 1 aromatic heterocycles. The molecule has 0 aromatic carbocycles. The maximum atomic E-state index is 11.6. The topological polar surface area (TPSA) is 79.3 Å². The first-order chi connectivity index (χ1) is 7.70. The van der Waals surface area contributed by atoms with E-state index < -0.39 is 0 Å². The fourth-order valence-electron chi connectivity index (χ4n) is 1.75. The summed E-state index contributed by atoms with van der Waals surface area (Å²) in [7, 11) is 0. The van der Waals surface area contributed by atoms with Crippen LogP contribution in [-0.2, 0) is 16.2 Å². The Kier molecular flexibility index (Phi) is 2.96. The largest absolute Gasteiger partial charge is 0.390 e. The second kappa shape index (κ2) is 4.40. The van der Waals surface area contributed by atoms with E-state index in [9.17, 15) is 9.59 Å². The van der Waals surface area contributed by atoms with E-state index in [1.165, 1.54) is 0 Å². The molecule has 1 unspecified atom stereocenters. The molecule has 5 heteroatoms. The van der Waals surface area contributed by atoms with E-state index in [-0.39, 0.29) is 24.3 Å². The van der Waals surface area contributed by atoms with Gasteiger partial charge in [0.15, 0.2) is 0 Å². The minimum Gasteiger partial charge on any atom is -0.390 e. The van der Waals surface area contributed by atoms with Crippen LogP contribution in [0.3, 0.4) is 0 Å². The highest BCUT2D eigenvalue weighted by molar-refractivity contribution is 6.00. The Morgan fingerprint density at radius 3 is 2.81 bits per heavy atom. The molecule has 1 aromatic rings. The first-order valence-corrected chi connectivity index (χ1v) is 5.10. The lowest BCUT2D eigenvalue weighted by Gasteiger charge is -2.20. The highest BCUT2D eigenvalue weighted by atomic mass is 16.3. The zero-order valence-corrected chi connectivity index (χ0v) is 8.64. The van der Waals surface area contributed by atoms with Crippen molar-refractivity contribution in [3.8, 4) is 0 Å². The molecule has 0 bridgehead atoms. The summed E-state index contributed by atoms with van der Waals surface area (Å²) in [4.78, 5) is 26.5. The van der Waals surface area contributed by atoms with Gasteiger partial charge in [-0.3, -0.25) is 19.9 Å². The Morgan fingerprint density at radius 1 is 1.44 bits per heavy atom. The molecule has 1 saturated heterocycles. The van der Waals surface area contributed by atoms with E-state index in [1.807, 2.05) is 0 Å². The Hall–Kier alpha value is -1.75. The average molecular weight is 220 g/mol. The normalized spacial score (nSPS) is 20.7. The summed E-state index contributed by atoms with van der Waals surface area (Å²) in [5, 5.41) is 11.1. The number of carbonyl (C=O) groups is 2. The highest BCUT2D eigenvalue weighted by Gasteiger charge is 2.27. The van der Waals surface area contributed by atoms with E-state index >= 15 is 0 Å². The van der Waals surface area contributed by atoms with E-state index in [1.54, 1.807) is 18.3 Å². The Balaban J connectivity index is 2.17. The molecule has 2 rings (SSSR count). The summed E-state index contributed by atoms with van der Waals surface area (Å²) in [6.07, 6.45) is 2.45. The molecule has 0 aliphatic carbocycles. The molecule has 0 radical (unpaired) electrons. The zero-order valence-electron chi connectivity index (χ0n) is 8.64. The van der Waals surface area contributed by atoms with Crippen molar-refractivity contribution < 1.29 is 14.7 Å². The smallest absolute Gasteiger partial charge is 0.234 e. The minimum absolute atomic E-state index is 0.115. The van der Waals surface area contributed by atoms with Crippen molar-refractivity contribution in [3.05, 3.63) is 29.6 Å². The van der Waals surface area contributed by atoms with Crippen LogP contribution >= 0.6 is 0 Å². The van der Waals surface area contributed by atoms with Gasteiger partial charge in [-0.1, -0.05) is 6.07 Å². The SMILES string of the molecule is O=C1CCC(c2ccc(CO)nc2)C(=O)N1. The molecule has 2 N–H and O–H groups in total. The van der Waals surface area contributed by atoms with E-state index in [0.717, 1.165) is 5.56 Å². The van der Waals surface area contributed by atoms with Crippen LogP contribution < -0.4 is 5.32 Å². The van der Waals surface area contributed by atoms with Crippen molar-refractivity contribution >= 4 is 11.8 Å². The summed E-state index contributed by atoms with van der Waals surface area (Å²) < 4.78 is 0. The minimum atomic E-state index is -0.307. The third-order valence-electron chi connectivity index (χ3n) is 2.65. The van der Waals surface area contributed by atoms with Crippen molar-refractivity contribution in [3.63, 3.8) is 0 Å². The number of hydrogen-bond donors (Lipinski definition) is 2. The quantitative estimate of drug-likeness (QED) is 0.692. The second-order valence-electron chi connectivity index (χ2n) is 3.74. The lowest BCUT2D eigenvalue weighted by Crippen LogP contribution is -2.39. The summed E-state index contributed by atoms with van der Waals surface area (Å²) in [5.74, 6) is -0.797. The fourth-order valence-corrected chi connectivity index (χ4v) is 1.75. The van der Waals surface area contributed by atoms with E-state index in [0.29, 0.717) is 18.5 Å². The Morgan fingerprint density at radius 2 is 2.25 bits per heavy atom. The molecule has 1 atom stereocenters. The first kappa shape index (κ1) is 10.8. The van der Waals surface area contributed by atoms with Crippen LogP contribution in [0, 0.1) is 0 Å². The van der Waals surface area contributed by atoms with Crippen LogP contribution in [0.25, 0.3) is 0 Å². The van der Waals surface area contributed by atoms with Gasteiger partial charge < -0.3 is 5.11 Å². The average Bonchev–Trinajstić information content (AvgIpc) is 2.29. The maximum Gasteiger partial charge on any atom is 0.234 e. The molecule has 2 heterocycles. The Bertz CT molecular complexity index is 414. The number of amides is 2.